The Balaban J connectivity index is 0.000000437. The molecule has 1 aromatic carbocycles. The van der Waals surface area contributed by atoms with E-state index in [-0.39, 0.29) is 0 Å². The van der Waals surface area contributed by atoms with Gasteiger partial charge < -0.3 is 5.32 Å². The van der Waals surface area contributed by atoms with E-state index in [0.29, 0.717) is 12.5 Å². The predicted molar refractivity (Wildman–Crippen MR) is 72.3 cm³/mol. The molecule has 5 N–H and O–H groups in total. The molecule has 0 amide bonds. The summed E-state index contributed by atoms with van der Waals surface area (Å²) >= 11 is 1.92. The molecule has 0 aliphatic heterocycles. The van der Waals surface area contributed by atoms with Crippen molar-refractivity contribution in [3.63, 3.8) is 0 Å². The van der Waals surface area contributed by atoms with E-state index in [9.17, 15) is 0 Å². The van der Waals surface area contributed by atoms with Gasteiger partial charge >= 0.3 is 10.4 Å². The lowest BCUT2D eigenvalue weighted by molar-refractivity contribution is 0.381. The van der Waals surface area contributed by atoms with Gasteiger partial charge in [0.2, 0.25) is 0 Å². The van der Waals surface area contributed by atoms with E-state index in [4.69, 9.17) is 22.9 Å². The summed E-state index contributed by atoms with van der Waals surface area (Å²) in [6.07, 6.45) is 0. The fourth-order valence-electron chi connectivity index (χ4n) is 0.820. The Morgan fingerprint density at radius 1 is 1.29 bits per heavy atom. The van der Waals surface area contributed by atoms with Crippen molar-refractivity contribution in [2.45, 2.75) is 6.54 Å². The second-order valence-electron chi connectivity index (χ2n) is 2.76. The molecule has 96 valence electrons. The molecule has 9 heteroatoms. The average molecular weight is 373 g/mol. The number of halogens is 1. The van der Waals surface area contributed by atoms with E-state index < -0.39 is 10.4 Å². The summed E-state index contributed by atoms with van der Waals surface area (Å²) in [5.41, 5.74) is 1.17. The number of rotatable bonds is 2. The van der Waals surface area contributed by atoms with Gasteiger partial charge in [-0.1, -0.05) is 30.3 Å². The van der Waals surface area contributed by atoms with Crippen LogP contribution in [-0.4, -0.2) is 23.5 Å². The van der Waals surface area contributed by atoms with Crippen molar-refractivity contribution < 1.29 is 17.5 Å². The fourth-order valence-corrected chi connectivity index (χ4v) is 1.01. The molecular weight excluding hydrogens is 361 g/mol. The first-order chi connectivity index (χ1) is 7.83. The van der Waals surface area contributed by atoms with Gasteiger partial charge in [0, 0.05) is 6.54 Å². The summed E-state index contributed by atoms with van der Waals surface area (Å²) in [5.74, 6) is 0.333. The quantitative estimate of drug-likeness (QED) is 0.173. The Kier molecular flexibility index (Phi) is 7.78. The summed E-state index contributed by atoms with van der Waals surface area (Å²) in [6, 6.07) is 9.99. The maximum atomic E-state index is 8.74. The van der Waals surface area contributed by atoms with Crippen LogP contribution < -0.4 is 8.85 Å². The molecule has 7 nitrogen and oxygen atoms in total. The van der Waals surface area contributed by atoms with Gasteiger partial charge in [-0.2, -0.15) is 8.42 Å². The molecule has 1 rings (SSSR count). The highest BCUT2D eigenvalue weighted by Gasteiger charge is 1.92. The summed E-state index contributed by atoms with van der Waals surface area (Å²) in [5, 5.41) is 10.2. The Labute approximate surface area is 113 Å². The minimum atomic E-state index is -4.67. The molecule has 0 aromatic heterocycles. The van der Waals surface area contributed by atoms with Crippen LogP contribution in [0, 0.1) is 5.41 Å². The monoisotopic (exact) mass is 373 g/mol. The average Bonchev–Trinajstić information content (AvgIpc) is 2.25. The lowest BCUT2D eigenvalue weighted by Crippen LogP contribution is -2.29. The highest BCUT2D eigenvalue weighted by atomic mass is 127. The summed E-state index contributed by atoms with van der Waals surface area (Å²) < 4.78 is 34.3. The van der Waals surface area contributed by atoms with Crippen LogP contribution in [0.4, 0.5) is 0 Å². The summed E-state index contributed by atoms with van der Waals surface area (Å²) in [6.45, 7) is 0.690. The van der Waals surface area contributed by atoms with E-state index in [0.717, 1.165) is 0 Å². The van der Waals surface area contributed by atoms with E-state index in [2.05, 4.69) is 8.85 Å². The second-order valence-corrected chi connectivity index (χ2v) is 4.19. The van der Waals surface area contributed by atoms with Gasteiger partial charge in [-0.3, -0.25) is 18.0 Å². The van der Waals surface area contributed by atoms with Crippen molar-refractivity contribution in [2.75, 3.05) is 0 Å². The van der Waals surface area contributed by atoms with Crippen LogP contribution in [-0.2, 0) is 16.9 Å². The highest BCUT2D eigenvalue weighted by Crippen LogP contribution is 1.96. The standard InChI is InChI=1S/C8H10IN3.H2O4S/c9-12-8(10)11-6-7-4-2-1-3-5-7;1-5(2,3)4/h1-5H,6H2,(H3,10,11,12);(H2,1,2,3,4). The van der Waals surface area contributed by atoms with Gasteiger partial charge in [0.1, 0.15) is 0 Å². The smallest absolute Gasteiger partial charge is 0.352 e. The van der Waals surface area contributed by atoms with E-state index in [1.165, 1.54) is 5.56 Å². The Hall–Kier alpha value is -0.910. The Bertz CT molecular complexity index is 429. The molecule has 0 spiro atoms. The molecule has 0 unspecified atom stereocenters. The molecule has 0 atom stereocenters. The molecule has 0 fully saturated rings. The molecule has 0 aliphatic carbocycles. The summed E-state index contributed by atoms with van der Waals surface area (Å²) in [4.78, 5) is 0. The number of guanidine groups is 1. The van der Waals surface area contributed by atoms with Crippen LogP contribution in [0.25, 0.3) is 0 Å². The second kappa shape index (κ2) is 8.22. The van der Waals surface area contributed by atoms with E-state index in [1.807, 2.05) is 53.2 Å². The molecule has 0 heterocycles. The molecule has 0 saturated carbocycles. The lowest BCUT2D eigenvalue weighted by atomic mass is 10.2. The van der Waals surface area contributed by atoms with Crippen molar-refractivity contribution >= 4 is 39.2 Å². The van der Waals surface area contributed by atoms with Gasteiger partial charge in [0.25, 0.3) is 0 Å². The Morgan fingerprint density at radius 2 is 1.76 bits per heavy atom. The van der Waals surface area contributed by atoms with Crippen molar-refractivity contribution in [1.82, 2.24) is 8.85 Å². The highest BCUT2D eigenvalue weighted by molar-refractivity contribution is 14.1. The normalized spacial score (nSPS) is 9.82. The first-order valence-electron chi connectivity index (χ1n) is 4.26. The number of hydrogen-bond acceptors (Lipinski definition) is 3. The van der Waals surface area contributed by atoms with E-state index in [1.54, 1.807) is 0 Å². The topological polar surface area (TPSA) is 123 Å². The third-order valence-corrected chi connectivity index (χ3v) is 1.95. The van der Waals surface area contributed by atoms with Gasteiger partial charge in [-0.15, -0.1) is 0 Å². The van der Waals surface area contributed by atoms with Gasteiger partial charge in [-0.25, -0.2) is 0 Å². The number of nitrogens with one attached hydrogen (secondary N) is 3. The fraction of sp³-hybridized carbons (Fsp3) is 0.125. The third-order valence-electron chi connectivity index (χ3n) is 1.41. The lowest BCUT2D eigenvalue weighted by Gasteiger charge is -2.04. The zero-order valence-corrected chi connectivity index (χ0v) is 11.6. The maximum absolute atomic E-state index is 8.74. The first-order valence-corrected chi connectivity index (χ1v) is 6.73. The number of hydrogen-bond donors (Lipinski definition) is 5. The minimum absolute atomic E-state index is 0.333. The van der Waals surface area contributed by atoms with Crippen molar-refractivity contribution in [1.29, 1.82) is 5.41 Å². The van der Waals surface area contributed by atoms with Crippen LogP contribution in [0.15, 0.2) is 30.3 Å². The molecule has 1 aromatic rings. The van der Waals surface area contributed by atoms with Crippen LogP contribution in [0.5, 0.6) is 0 Å². The van der Waals surface area contributed by atoms with Gasteiger partial charge in [0.15, 0.2) is 5.96 Å². The maximum Gasteiger partial charge on any atom is 0.394 e. The molecule has 0 saturated heterocycles. The molecular formula is C8H12IN3O4S. The van der Waals surface area contributed by atoms with Crippen LogP contribution in [0.2, 0.25) is 0 Å². The van der Waals surface area contributed by atoms with Gasteiger partial charge in [-0.05, 0) is 5.56 Å². The van der Waals surface area contributed by atoms with E-state index >= 15 is 0 Å². The van der Waals surface area contributed by atoms with Gasteiger partial charge in [0.05, 0.1) is 22.9 Å². The van der Waals surface area contributed by atoms with Crippen LogP contribution in [0.3, 0.4) is 0 Å². The van der Waals surface area contributed by atoms with Crippen molar-refractivity contribution in [3.8, 4) is 0 Å². The Morgan fingerprint density at radius 3 is 2.18 bits per heavy atom. The van der Waals surface area contributed by atoms with Crippen LogP contribution in [0.1, 0.15) is 5.56 Å². The molecule has 0 radical (unpaired) electrons. The molecule has 0 bridgehead atoms. The molecule has 0 aliphatic rings. The first kappa shape index (κ1) is 16.1. The number of benzene rings is 1. The molecule has 17 heavy (non-hydrogen) atoms. The third kappa shape index (κ3) is 13.0. The predicted octanol–water partition coefficient (Wildman–Crippen LogP) is 0.998. The van der Waals surface area contributed by atoms with Crippen molar-refractivity contribution in [2.24, 2.45) is 0 Å². The largest absolute Gasteiger partial charge is 0.394 e. The minimum Gasteiger partial charge on any atom is -0.352 e. The zero-order valence-electron chi connectivity index (χ0n) is 8.59. The van der Waals surface area contributed by atoms with Crippen molar-refractivity contribution in [3.05, 3.63) is 35.9 Å². The summed E-state index contributed by atoms with van der Waals surface area (Å²) in [7, 11) is -4.67. The SMILES string of the molecule is N=C(NI)NCc1ccccc1.O=S(=O)(O)O. The zero-order chi connectivity index (χ0) is 13.3. The van der Waals surface area contributed by atoms with Crippen LogP contribution >= 0.6 is 22.9 Å².